The van der Waals surface area contributed by atoms with Crippen LogP contribution in [0.2, 0.25) is 0 Å². The van der Waals surface area contributed by atoms with E-state index in [2.05, 4.69) is 25.1 Å². The molecule has 6 aromatic rings. The van der Waals surface area contributed by atoms with E-state index in [0.29, 0.717) is 18.7 Å². The summed E-state index contributed by atoms with van der Waals surface area (Å²) in [4.78, 5) is 20.5. The highest BCUT2D eigenvalue weighted by Gasteiger charge is 2.20. The van der Waals surface area contributed by atoms with Gasteiger partial charge in [-0.25, -0.2) is 4.98 Å². The maximum Gasteiger partial charge on any atom is 0.258 e. The molecule has 5 aromatic carbocycles. The number of aryl methyl sites for hydroxylation is 1. The molecule has 0 aliphatic heterocycles. The van der Waals surface area contributed by atoms with Crippen LogP contribution in [0.1, 0.15) is 27.0 Å². The number of thiazole rings is 1. The fourth-order valence-electron chi connectivity index (χ4n) is 4.64. The Kier molecular flexibility index (Phi) is 7.38. The van der Waals surface area contributed by atoms with E-state index in [1.165, 1.54) is 10.3 Å². The van der Waals surface area contributed by atoms with Gasteiger partial charge in [-0.15, -0.1) is 11.3 Å². The molecule has 0 spiro atoms. The van der Waals surface area contributed by atoms with Gasteiger partial charge in [-0.2, -0.15) is 0 Å². The van der Waals surface area contributed by atoms with E-state index in [1.807, 2.05) is 114 Å². The first-order chi connectivity index (χ1) is 19.6. The van der Waals surface area contributed by atoms with Gasteiger partial charge in [0, 0.05) is 22.4 Å². The molecule has 0 unspecified atom stereocenters. The van der Waals surface area contributed by atoms with Crippen molar-refractivity contribution in [2.45, 2.75) is 20.1 Å². The first-order valence-electron chi connectivity index (χ1n) is 13.2. The predicted octanol–water partition coefficient (Wildman–Crippen LogP) is 8.70. The minimum absolute atomic E-state index is 0.0679. The van der Waals surface area contributed by atoms with Crippen molar-refractivity contribution in [3.05, 3.63) is 150 Å². The quantitative estimate of drug-likeness (QED) is 0.194. The number of benzene rings is 5. The lowest BCUT2D eigenvalue weighted by molar-refractivity contribution is 0.0985. The highest BCUT2D eigenvalue weighted by Crippen LogP contribution is 2.33. The van der Waals surface area contributed by atoms with Crippen LogP contribution in [0.3, 0.4) is 0 Å². The van der Waals surface area contributed by atoms with Crippen molar-refractivity contribution in [1.29, 1.82) is 0 Å². The molecule has 1 amide bonds. The third-order valence-corrected chi connectivity index (χ3v) is 7.84. The molecule has 0 bridgehead atoms. The topological polar surface area (TPSA) is 42.4 Å². The van der Waals surface area contributed by atoms with Gasteiger partial charge in [0.2, 0.25) is 0 Å². The molecular formula is C35H28N2O2S. The fraction of sp³-hybridized carbons (Fsp3) is 0.0857. The number of anilines is 1. The van der Waals surface area contributed by atoms with Crippen LogP contribution in [-0.4, -0.2) is 10.9 Å². The molecule has 4 nitrogen and oxygen atoms in total. The molecule has 0 saturated carbocycles. The highest BCUT2D eigenvalue weighted by atomic mass is 32.1. The van der Waals surface area contributed by atoms with Crippen molar-refractivity contribution >= 4 is 33.1 Å². The van der Waals surface area contributed by atoms with E-state index in [9.17, 15) is 4.79 Å². The Balaban J connectivity index is 1.31. The third kappa shape index (κ3) is 5.65. The van der Waals surface area contributed by atoms with E-state index in [4.69, 9.17) is 9.72 Å². The van der Waals surface area contributed by atoms with Gasteiger partial charge in [-0.3, -0.25) is 4.79 Å². The van der Waals surface area contributed by atoms with Gasteiger partial charge in [0.1, 0.15) is 17.4 Å². The van der Waals surface area contributed by atoms with Crippen LogP contribution < -0.4 is 9.64 Å². The lowest BCUT2D eigenvalue weighted by Gasteiger charge is -2.24. The summed E-state index contributed by atoms with van der Waals surface area (Å²) in [6, 6.07) is 41.8. The molecular weight excluding hydrogens is 512 g/mol. The Morgan fingerprint density at radius 2 is 1.50 bits per heavy atom. The Labute approximate surface area is 238 Å². The molecule has 0 N–H and O–H groups in total. The van der Waals surface area contributed by atoms with Gasteiger partial charge >= 0.3 is 0 Å². The van der Waals surface area contributed by atoms with Crippen molar-refractivity contribution in [2.75, 3.05) is 4.90 Å². The molecule has 5 heteroatoms. The van der Waals surface area contributed by atoms with Crippen LogP contribution in [0, 0.1) is 6.92 Å². The van der Waals surface area contributed by atoms with Crippen molar-refractivity contribution in [2.24, 2.45) is 0 Å². The minimum atomic E-state index is -0.0679. The molecule has 0 atom stereocenters. The number of nitrogens with zero attached hydrogens (tertiary/aromatic N) is 2. The number of hydrogen-bond donors (Lipinski definition) is 0. The van der Waals surface area contributed by atoms with Crippen LogP contribution in [0.25, 0.3) is 20.8 Å². The molecule has 0 aliphatic carbocycles. The summed E-state index contributed by atoms with van der Waals surface area (Å²) in [5, 5.41) is 0.966. The summed E-state index contributed by atoms with van der Waals surface area (Å²) in [6.07, 6.45) is 0. The van der Waals surface area contributed by atoms with Gasteiger partial charge < -0.3 is 9.64 Å². The van der Waals surface area contributed by atoms with E-state index >= 15 is 0 Å². The van der Waals surface area contributed by atoms with Gasteiger partial charge in [-0.1, -0.05) is 72.8 Å². The first kappa shape index (κ1) is 25.5. The van der Waals surface area contributed by atoms with Gasteiger partial charge in [-0.05, 0) is 72.6 Å². The lowest BCUT2D eigenvalue weighted by Crippen LogP contribution is -2.30. The van der Waals surface area contributed by atoms with Gasteiger partial charge in [0.15, 0.2) is 0 Å². The van der Waals surface area contributed by atoms with Crippen molar-refractivity contribution in [3.8, 4) is 16.3 Å². The molecule has 0 fully saturated rings. The van der Waals surface area contributed by atoms with Crippen molar-refractivity contribution in [3.63, 3.8) is 0 Å². The molecule has 0 radical (unpaired) electrons. The molecule has 0 saturated heterocycles. The second kappa shape index (κ2) is 11.6. The Hall–Kier alpha value is -4.74. The number of para-hydroxylation sites is 1. The van der Waals surface area contributed by atoms with E-state index in [-0.39, 0.29) is 5.91 Å². The number of hydrogen-bond acceptors (Lipinski definition) is 4. The van der Waals surface area contributed by atoms with Crippen LogP contribution in [0.4, 0.5) is 5.69 Å². The molecule has 1 aromatic heterocycles. The van der Waals surface area contributed by atoms with E-state index < -0.39 is 0 Å². The van der Waals surface area contributed by atoms with E-state index in [1.54, 1.807) is 11.3 Å². The maximum atomic E-state index is 13.8. The first-order valence-corrected chi connectivity index (χ1v) is 14.0. The number of carbonyl (C=O) groups is 1. The molecule has 1 heterocycles. The lowest BCUT2D eigenvalue weighted by atomic mass is 10.1. The van der Waals surface area contributed by atoms with Gasteiger partial charge in [0.25, 0.3) is 5.91 Å². The number of amides is 1. The Morgan fingerprint density at radius 1 is 0.800 bits per heavy atom. The Morgan fingerprint density at radius 3 is 2.27 bits per heavy atom. The fourth-order valence-corrected chi connectivity index (χ4v) is 5.71. The van der Waals surface area contributed by atoms with E-state index in [0.717, 1.165) is 38.7 Å². The normalized spacial score (nSPS) is 10.9. The van der Waals surface area contributed by atoms with Crippen LogP contribution >= 0.6 is 11.3 Å². The molecule has 196 valence electrons. The monoisotopic (exact) mass is 540 g/mol. The second-order valence-electron chi connectivity index (χ2n) is 9.68. The molecule has 40 heavy (non-hydrogen) atoms. The highest BCUT2D eigenvalue weighted by molar-refractivity contribution is 7.21. The Bertz CT molecular complexity index is 1750. The van der Waals surface area contributed by atoms with Crippen LogP contribution in [0.15, 0.2) is 127 Å². The summed E-state index contributed by atoms with van der Waals surface area (Å²) in [5.74, 6) is 0.695. The number of ether oxygens (including phenoxy) is 1. The van der Waals surface area contributed by atoms with Crippen molar-refractivity contribution < 1.29 is 9.53 Å². The average Bonchev–Trinajstić information content (AvgIpc) is 3.43. The summed E-state index contributed by atoms with van der Waals surface area (Å²) in [6.45, 7) is 2.93. The summed E-state index contributed by atoms with van der Waals surface area (Å²) in [7, 11) is 0. The number of carbonyl (C=O) groups excluding carboxylic acids is 1. The standard InChI is InChI=1S/C35H28N2O2S/c1-25-16-21-31-33(22-25)40-34(36-31)27-17-19-30(20-18-27)37(35(38)28-12-6-3-7-13-28)23-29-14-8-9-15-32(29)39-24-26-10-4-2-5-11-26/h2-22H,23-24H2,1H3. The largest absolute Gasteiger partial charge is 0.489 e. The number of aromatic nitrogens is 1. The second-order valence-corrected chi connectivity index (χ2v) is 10.7. The van der Waals surface area contributed by atoms with Crippen molar-refractivity contribution in [1.82, 2.24) is 4.98 Å². The van der Waals surface area contributed by atoms with Gasteiger partial charge in [0.05, 0.1) is 16.8 Å². The maximum absolute atomic E-state index is 13.8. The summed E-state index contributed by atoms with van der Waals surface area (Å²) in [5.41, 5.74) is 6.73. The summed E-state index contributed by atoms with van der Waals surface area (Å²) >= 11 is 1.68. The minimum Gasteiger partial charge on any atom is -0.489 e. The number of fused-ring (bicyclic) bond motifs is 1. The third-order valence-electron chi connectivity index (χ3n) is 6.77. The predicted molar refractivity (Wildman–Crippen MR) is 164 cm³/mol. The zero-order valence-electron chi connectivity index (χ0n) is 22.2. The molecule has 6 rings (SSSR count). The number of rotatable bonds is 8. The zero-order valence-corrected chi connectivity index (χ0v) is 23.0. The summed E-state index contributed by atoms with van der Waals surface area (Å²) < 4.78 is 7.39. The van der Waals surface area contributed by atoms with Crippen LogP contribution in [0.5, 0.6) is 5.75 Å². The smallest absolute Gasteiger partial charge is 0.258 e. The SMILES string of the molecule is Cc1ccc2nc(-c3ccc(N(Cc4ccccc4OCc4ccccc4)C(=O)c4ccccc4)cc3)sc2c1. The average molecular weight is 541 g/mol. The van der Waals surface area contributed by atoms with Crippen LogP contribution in [-0.2, 0) is 13.2 Å². The zero-order chi connectivity index (χ0) is 27.3. The molecule has 0 aliphatic rings.